The van der Waals surface area contributed by atoms with Crippen molar-refractivity contribution in [3.05, 3.63) is 35.9 Å². The molecule has 0 unspecified atom stereocenters. The minimum Gasteiger partial charge on any atom is -0.342 e. The van der Waals surface area contributed by atoms with Crippen LogP contribution in [0.4, 0.5) is 0 Å². The van der Waals surface area contributed by atoms with Crippen LogP contribution in [0.5, 0.6) is 0 Å². The minimum atomic E-state index is 0.281. The van der Waals surface area contributed by atoms with Gasteiger partial charge in [0.05, 0.1) is 6.54 Å². The van der Waals surface area contributed by atoms with Crippen LogP contribution in [0.25, 0.3) is 0 Å². The normalized spacial score (nSPS) is 15.3. The third-order valence-electron chi connectivity index (χ3n) is 3.49. The first-order valence-electron chi connectivity index (χ1n) is 6.76. The van der Waals surface area contributed by atoms with Gasteiger partial charge in [0.15, 0.2) is 0 Å². The zero-order valence-corrected chi connectivity index (χ0v) is 11.1. The lowest BCUT2D eigenvalue weighted by Crippen LogP contribution is -2.37. The van der Waals surface area contributed by atoms with Crippen molar-refractivity contribution < 1.29 is 4.79 Å². The molecule has 0 saturated carbocycles. The predicted molar refractivity (Wildman–Crippen MR) is 73.5 cm³/mol. The van der Waals surface area contributed by atoms with Crippen molar-refractivity contribution in [2.24, 2.45) is 0 Å². The molecule has 0 atom stereocenters. The molecule has 18 heavy (non-hydrogen) atoms. The molecule has 0 N–H and O–H groups in total. The molecule has 0 aliphatic carbocycles. The number of likely N-dealkylation sites (tertiary alicyclic amines) is 1. The molecule has 0 radical (unpaired) electrons. The van der Waals surface area contributed by atoms with Gasteiger partial charge < -0.3 is 4.90 Å². The quantitative estimate of drug-likeness (QED) is 0.790. The maximum Gasteiger partial charge on any atom is 0.236 e. The number of likely N-dealkylation sites (N-methyl/N-ethyl adjacent to an activating group) is 1. The molecule has 0 spiro atoms. The number of hydrogen-bond donors (Lipinski definition) is 0. The molecule has 1 aliphatic rings. The first-order valence-corrected chi connectivity index (χ1v) is 6.76. The van der Waals surface area contributed by atoms with Crippen molar-refractivity contribution in [3.63, 3.8) is 0 Å². The highest BCUT2D eigenvalue weighted by Gasteiger charge is 2.18. The number of nitrogens with zero attached hydrogens (tertiary/aromatic N) is 2. The first-order chi connectivity index (χ1) is 8.75. The average molecular weight is 246 g/mol. The van der Waals surface area contributed by atoms with Gasteiger partial charge in [-0.3, -0.25) is 9.69 Å². The molecular formula is C15H22N2O. The van der Waals surface area contributed by atoms with E-state index in [0.29, 0.717) is 6.54 Å². The molecule has 2 rings (SSSR count). The van der Waals surface area contributed by atoms with Crippen molar-refractivity contribution >= 4 is 5.91 Å². The fraction of sp³-hybridized carbons (Fsp3) is 0.533. The molecule has 1 saturated heterocycles. The summed E-state index contributed by atoms with van der Waals surface area (Å²) in [6.07, 6.45) is 3.34. The van der Waals surface area contributed by atoms with Crippen LogP contribution in [0.1, 0.15) is 18.4 Å². The molecule has 1 amide bonds. The Bertz CT molecular complexity index is 371. The second kappa shape index (κ2) is 6.55. The maximum absolute atomic E-state index is 12.0. The zero-order chi connectivity index (χ0) is 12.8. The van der Waals surface area contributed by atoms with Gasteiger partial charge in [0.25, 0.3) is 0 Å². The molecule has 1 aromatic rings. The van der Waals surface area contributed by atoms with Gasteiger partial charge in [0.2, 0.25) is 5.91 Å². The van der Waals surface area contributed by atoms with E-state index in [-0.39, 0.29) is 5.91 Å². The number of carbonyl (C=O) groups excluding carboxylic acids is 1. The van der Waals surface area contributed by atoms with Crippen LogP contribution in [-0.4, -0.2) is 48.9 Å². The first kappa shape index (κ1) is 13.1. The monoisotopic (exact) mass is 246 g/mol. The van der Waals surface area contributed by atoms with Crippen LogP contribution in [0.3, 0.4) is 0 Å². The molecule has 1 heterocycles. The Morgan fingerprint density at radius 2 is 1.89 bits per heavy atom. The van der Waals surface area contributed by atoms with Crippen molar-refractivity contribution in [3.8, 4) is 0 Å². The highest BCUT2D eigenvalue weighted by Crippen LogP contribution is 2.08. The summed E-state index contributed by atoms with van der Waals surface area (Å²) in [7, 11) is 2.02. The van der Waals surface area contributed by atoms with E-state index in [1.54, 1.807) is 0 Å². The van der Waals surface area contributed by atoms with E-state index in [1.165, 1.54) is 18.4 Å². The highest BCUT2D eigenvalue weighted by atomic mass is 16.2. The number of hydrogen-bond acceptors (Lipinski definition) is 2. The summed E-state index contributed by atoms with van der Waals surface area (Å²) in [5.74, 6) is 0.281. The van der Waals surface area contributed by atoms with E-state index in [0.717, 1.165) is 26.1 Å². The number of amides is 1. The Hall–Kier alpha value is -1.35. The van der Waals surface area contributed by atoms with E-state index < -0.39 is 0 Å². The van der Waals surface area contributed by atoms with E-state index in [1.807, 2.05) is 18.0 Å². The summed E-state index contributed by atoms with van der Waals surface area (Å²) in [4.78, 5) is 16.1. The van der Waals surface area contributed by atoms with Crippen molar-refractivity contribution in [1.29, 1.82) is 0 Å². The molecule has 1 aliphatic heterocycles. The second-order valence-corrected chi connectivity index (χ2v) is 5.06. The third kappa shape index (κ3) is 3.84. The standard InChI is InChI=1S/C15H22N2O/c1-16(12-9-14-7-3-2-4-8-14)13-15(18)17-10-5-6-11-17/h2-4,7-8H,5-6,9-13H2,1H3. The lowest BCUT2D eigenvalue weighted by molar-refractivity contribution is -0.131. The van der Waals surface area contributed by atoms with Crippen LogP contribution < -0.4 is 0 Å². The number of rotatable bonds is 5. The summed E-state index contributed by atoms with van der Waals surface area (Å²) in [5, 5.41) is 0. The molecule has 3 heteroatoms. The van der Waals surface area contributed by atoms with Crippen molar-refractivity contribution in [2.45, 2.75) is 19.3 Å². The van der Waals surface area contributed by atoms with Gasteiger partial charge >= 0.3 is 0 Å². The summed E-state index contributed by atoms with van der Waals surface area (Å²) in [6.45, 7) is 3.38. The van der Waals surface area contributed by atoms with Gasteiger partial charge in [-0.25, -0.2) is 0 Å². The van der Waals surface area contributed by atoms with Crippen molar-refractivity contribution in [2.75, 3.05) is 33.2 Å². The van der Waals surface area contributed by atoms with E-state index >= 15 is 0 Å². The maximum atomic E-state index is 12.0. The molecule has 0 aromatic heterocycles. The molecule has 98 valence electrons. The molecule has 1 fully saturated rings. The zero-order valence-electron chi connectivity index (χ0n) is 11.1. The lowest BCUT2D eigenvalue weighted by atomic mass is 10.1. The minimum absolute atomic E-state index is 0.281. The Balaban J connectivity index is 1.71. The second-order valence-electron chi connectivity index (χ2n) is 5.06. The van der Waals surface area contributed by atoms with Crippen LogP contribution in [0.2, 0.25) is 0 Å². The third-order valence-corrected chi connectivity index (χ3v) is 3.49. The van der Waals surface area contributed by atoms with E-state index in [2.05, 4.69) is 29.2 Å². The van der Waals surface area contributed by atoms with Crippen molar-refractivity contribution in [1.82, 2.24) is 9.80 Å². The lowest BCUT2D eigenvalue weighted by Gasteiger charge is -2.21. The van der Waals surface area contributed by atoms with Crippen LogP contribution in [-0.2, 0) is 11.2 Å². The SMILES string of the molecule is CN(CCc1ccccc1)CC(=O)N1CCCC1. The molecule has 0 bridgehead atoms. The summed E-state index contributed by atoms with van der Waals surface area (Å²) >= 11 is 0. The Morgan fingerprint density at radius 1 is 1.22 bits per heavy atom. The fourth-order valence-electron chi connectivity index (χ4n) is 2.34. The smallest absolute Gasteiger partial charge is 0.236 e. The van der Waals surface area contributed by atoms with E-state index in [4.69, 9.17) is 0 Å². The Morgan fingerprint density at radius 3 is 2.56 bits per heavy atom. The van der Waals surface area contributed by atoms with Crippen LogP contribution in [0.15, 0.2) is 30.3 Å². The summed E-state index contributed by atoms with van der Waals surface area (Å²) in [5.41, 5.74) is 1.33. The topological polar surface area (TPSA) is 23.6 Å². The molecule has 1 aromatic carbocycles. The number of benzene rings is 1. The summed E-state index contributed by atoms with van der Waals surface area (Å²) < 4.78 is 0. The van der Waals surface area contributed by atoms with E-state index in [9.17, 15) is 4.79 Å². The molecule has 3 nitrogen and oxygen atoms in total. The summed E-state index contributed by atoms with van der Waals surface area (Å²) in [6, 6.07) is 10.4. The fourth-order valence-corrected chi connectivity index (χ4v) is 2.34. The van der Waals surface area contributed by atoms with Crippen LogP contribution in [0, 0.1) is 0 Å². The van der Waals surface area contributed by atoms with Gasteiger partial charge in [-0.2, -0.15) is 0 Å². The van der Waals surface area contributed by atoms with Gasteiger partial charge in [-0.05, 0) is 31.9 Å². The van der Waals surface area contributed by atoms with Crippen LogP contribution >= 0.6 is 0 Å². The predicted octanol–water partition coefficient (Wildman–Crippen LogP) is 1.78. The highest BCUT2D eigenvalue weighted by molar-refractivity contribution is 5.78. The average Bonchev–Trinajstić information content (AvgIpc) is 2.91. The Kier molecular flexibility index (Phi) is 4.76. The van der Waals surface area contributed by atoms with Gasteiger partial charge in [-0.1, -0.05) is 30.3 Å². The molecular weight excluding hydrogens is 224 g/mol. The van der Waals surface area contributed by atoms with Gasteiger partial charge in [0.1, 0.15) is 0 Å². The largest absolute Gasteiger partial charge is 0.342 e. The number of carbonyl (C=O) groups is 1. The van der Waals surface area contributed by atoms with Gasteiger partial charge in [-0.15, -0.1) is 0 Å². The Labute approximate surface area is 109 Å². The van der Waals surface area contributed by atoms with Gasteiger partial charge in [0, 0.05) is 19.6 Å².